The van der Waals surface area contributed by atoms with Gasteiger partial charge in [-0.1, -0.05) is 0 Å². The second kappa shape index (κ2) is 4.72. The third kappa shape index (κ3) is 2.34. The molecule has 1 aliphatic heterocycles. The van der Waals surface area contributed by atoms with Crippen molar-refractivity contribution < 1.29 is 19.4 Å². The van der Waals surface area contributed by atoms with E-state index in [9.17, 15) is 4.79 Å². The average Bonchev–Trinajstić information content (AvgIpc) is 2.86. The molecule has 1 unspecified atom stereocenters. The van der Waals surface area contributed by atoms with Gasteiger partial charge in [0.05, 0.1) is 12.3 Å². The van der Waals surface area contributed by atoms with E-state index in [0.29, 0.717) is 12.3 Å². The second-order valence-corrected chi connectivity index (χ2v) is 5.21. The second-order valence-electron chi connectivity index (χ2n) is 4.22. The van der Waals surface area contributed by atoms with Crippen LogP contribution in [0.2, 0.25) is 0 Å². The highest BCUT2D eigenvalue weighted by Crippen LogP contribution is 2.38. The van der Waals surface area contributed by atoms with E-state index in [2.05, 4.69) is 4.98 Å². The van der Waals surface area contributed by atoms with Crippen LogP contribution in [0.3, 0.4) is 0 Å². The van der Waals surface area contributed by atoms with E-state index in [4.69, 9.17) is 14.6 Å². The lowest BCUT2D eigenvalue weighted by Crippen LogP contribution is -2.19. The Morgan fingerprint density at radius 3 is 3.00 bits per heavy atom. The standard InChI is InChI=1S/C11H15NO4S/c1-11(4-3-5-16-11)10-12-7(6-15-2)8(17-10)9(13)14/h3-6H2,1-2H3,(H,13,14). The van der Waals surface area contributed by atoms with Gasteiger partial charge in [0.2, 0.25) is 0 Å². The van der Waals surface area contributed by atoms with Crippen molar-refractivity contribution in [2.75, 3.05) is 13.7 Å². The first-order valence-corrected chi connectivity index (χ1v) is 6.25. The number of carboxylic acid groups (broad SMARTS) is 1. The summed E-state index contributed by atoms with van der Waals surface area (Å²) in [7, 11) is 1.53. The zero-order valence-electron chi connectivity index (χ0n) is 9.86. The molecule has 0 bridgehead atoms. The maximum atomic E-state index is 11.1. The average molecular weight is 257 g/mol. The van der Waals surface area contributed by atoms with E-state index in [1.165, 1.54) is 18.4 Å². The molecule has 1 aliphatic rings. The molecule has 6 heteroatoms. The molecule has 0 amide bonds. The number of ether oxygens (including phenoxy) is 2. The van der Waals surface area contributed by atoms with Crippen LogP contribution in [0.4, 0.5) is 0 Å². The van der Waals surface area contributed by atoms with Gasteiger partial charge in [-0.25, -0.2) is 9.78 Å². The van der Waals surface area contributed by atoms with Crippen molar-refractivity contribution in [2.45, 2.75) is 32.0 Å². The zero-order valence-corrected chi connectivity index (χ0v) is 10.7. The van der Waals surface area contributed by atoms with Gasteiger partial charge in [0.15, 0.2) is 0 Å². The lowest BCUT2D eigenvalue weighted by molar-refractivity contribution is 0.0163. The van der Waals surface area contributed by atoms with Crippen molar-refractivity contribution in [2.24, 2.45) is 0 Å². The number of aromatic carboxylic acids is 1. The van der Waals surface area contributed by atoms with Crippen LogP contribution in [0.25, 0.3) is 0 Å². The molecule has 1 fully saturated rings. The Labute approximate surface area is 103 Å². The fraction of sp³-hybridized carbons (Fsp3) is 0.636. The number of thiazole rings is 1. The third-order valence-corrected chi connectivity index (χ3v) is 4.17. The van der Waals surface area contributed by atoms with Crippen LogP contribution < -0.4 is 0 Å². The van der Waals surface area contributed by atoms with Crippen LogP contribution in [-0.2, 0) is 21.7 Å². The minimum atomic E-state index is -0.956. The number of carboxylic acids is 1. The Balaban J connectivity index is 2.36. The first-order valence-electron chi connectivity index (χ1n) is 5.43. The first kappa shape index (κ1) is 12.5. The van der Waals surface area contributed by atoms with Crippen LogP contribution in [0, 0.1) is 0 Å². The first-order chi connectivity index (χ1) is 8.07. The molecule has 5 nitrogen and oxygen atoms in total. The van der Waals surface area contributed by atoms with Gasteiger partial charge in [-0.2, -0.15) is 0 Å². The van der Waals surface area contributed by atoms with Gasteiger partial charge in [0.25, 0.3) is 0 Å². The van der Waals surface area contributed by atoms with Crippen LogP contribution in [-0.4, -0.2) is 29.8 Å². The summed E-state index contributed by atoms with van der Waals surface area (Å²) in [5.41, 5.74) is 0.0534. The van der Waals surface area contributed by atoms with Crippen molar-refractivity contribution in [3.8, 4) is 0 Å². The number of aromatic nitrogens is 1. The zero-order chi connectivity index (χ0) is 12.5. The van der Waals surface area contributed by atoms with Crippen molar-refractivity contribution in [1.29, 1.82) is 0 Å². The molecule has 0 aromatic carbocycles. The molecule has 1 N–H and O–H groups in total. The van der Waals surface area contributed by atoms with Crippen LogP contribution in [0.5, 0.6) is 0 Å². The summed E-state index contributed by atoms with van der Waals surface area (Å²) in [6.07, 6.45) is 1.87. The molecule has 2 heterocycles. The predicted molar refractivity (Wildman–Crippen MR) is 62.3 cm³/mol. The minimum Gasteiger partial charge on any atom is -0.477 e. The largest absolute Gasteiger partial charge is 0.477 e. The number of carbonyl (C=O) groups is 1. The maximum absolute atomic E-state index is 11.1. The number of methoxy groups -OCH3 is 1. The summed E-state index contributed by atoms with van der Waals surface area (Å²) in [4.78, 5) is 15.7. The van der Waals surface area contributed by atoms with E-state index in [0.717, 1.165) is 17.8 Å². The SMILES string of the molecule is COCc1nc(C2(C)CCCO2)sc1C(=O)O. The Bertz CT molecular complexity index is 423. The van der Waals surface area contributed by atoms with E-state index in [-0.39, 0.29) is 11.5 Å². The molecule has 0 spiro atoms. The van der Waals surface area contributed by atoms with Gasteiger partial charge in [0, 0.05) is 13.7 Å². The molecule has 0 saturated carbocycles. The van der Waals surface area contributed by atoms with Gasteiger partial charge in [-0.05, 0) is 19.8 Å². The monoisotopic (exact) mass is 257 g/mol. The molecule has 2 rings (SSSR count). The third-order valence-electron chi connectivity index (χ3n) is 2.84. The number of hydrogen-bond acceptors (Lipinski definition) is 5. The summed E-state index contributed by atoms with van der Waals surface area (Å²) in [5.74, 6) is -0.956. The quantitative estimate of drug-likeness (QED) is 0.893. The van der Waals surface area contributed by atoms with E-state index in [1.807, 2.05) is 6.92 Å². The molecule has 1 aromatic rings. The van der Waals surface area contributed by atoms with Crippen LogP contribution in [0.1, 0.15) is 40.1 Å². The molecule has 17 heavy (non-hydrogen) atoms. The van der Waals surface area contributed by atoms with Gasteiger partial charge >= 0.3 is 5.97 Å². The van der Waals surface area contributed by atoms with E-state index < -0.39 is 11.6 Å². The Morgan fingerprint density at radius 2 is 2.47 bits per heavy atom. The van der Waals surface area contributed by atoms with Crippen molar-refractivity contribution in [3.05, 3.63) is 15.6 Å². The topological polar surface area (TPSA) is 68.7 Å². The van der Waals surface area contributed by atoms with Gasteiger partial charge < -0.3 is 14.6 Å². The lowest BCUT2D eigenvalue weighted by atomic mass is 10.0. The molecule has 1 saturated heterocycles. The van der Waals surface area contributed by atoms with E-state index in [1.54, 1.807) is 0 Å². The fourth-order valence-corrected chi connectivity index (χ4v) is 2.96. The molecule has 0 radical (unpaired) electrons. The molecule has 0 aliphatic carbocycles. The Morgan fingerprint density at radius 1 is 1.71 bits per heavy atom. The van der Waals surface area contributed by atoms with Crippen molar-refractivity contribution in [1.82, 2.24) is 4.98 Å². The smallest absolute Gasteiger partial charge is 0.347 e. The number of rotatable bonds is 4. The lowest BCUT2D eigenvalue weighted by Gasteiger charge is -2.19. The highest BCUT2D eigenvalue weighted by atomic mass is 32.1. The van der Waals surface area contributed by atoms with Gasteiger partial charge in [0.1, 0.15) is 15.5 Å². The Kier molecular flexibility index (Phi) is 3.46. The number of nitrogens with zero attached hydrogens (tertiary/aromatic N) is 1. The number of hydrogen-bond donors (Lipinski definition) is 1. The van der Waals surface area contributed by atoms with Crippen molar-refractivity contribution in [3.63, 3.8) is 0 Å². The van der Waals surface area contributed by atoms with Crippen LogP contribution in [0.15, 0.2) is 0 Å². The minimum absolute atomic E-state index is 0.216. The van der Waals surface area contributed by atoms with Crippen LogP contribution >= 0.6 is 11.3 Å². The normalized spacial score (nSPS) is 24.1. The summed E-state index contributed by atoms with van der Waals surface area (Å²) >= 11 is 1.19. The molecule has 1 aromatic heterocycles. The fourth-order valence-electron chi connectivity index (χ4n) is 1.93. The molecular weight excluding hydrogens is 242 g/mol. The summed E-state index contributed by atoms with van der Waals surface area (Å²) in [6.45, 7) is 2.88. The van der Waals surface area contributed by atoms with Gasteiger partial charge in [-0.3, -0.25) is 0 Å². The molecule has 1 atom stereocenters. The highest BCUT2D eigenvalue weighted by Gasteiger charge is 2.36. The summed E-state index contributed by atoms with van der Waals surface area (Å²) in [5, 5.41) is 9.84. The predicted octanol–water partition coefficient (Wildman–Crippen LogP) is 2.01. The molecule has 94 valence electrons. The Hall–Kier alpha value is -0.980. The highest BCUT2D eigenvalue weighted by molar-refractivity contribution is 7.13. The summed E-state index contributed by atoms with van der Waals surface area (Å²) in [6, 6.07) is 0. The van der Waals surface area contributed by atoms with Crippen molar-refractivity contribution >= 4 is 17.3 Å². The van der Waals surface area contributed by atoms with Gasteiger partial charge in [-0.15, -0.1) is 11.3 Å². The molecular formula is C11H15NO4S. The van der Waals surface area contributed by atoms with E-state index >= 15 is 0 Å². The maximum Gasteiger partial charge on any atom is 0.347 e. The summed E-state index contributed by atoms with van der Waals surface area (Å²) < 4.78 is 10.6.